The second-order valence-electron chi connectivity index (χ2n) is 5.09. The first-order valence-electron chi connectivity index (χ1n) is 6.73. The number of aliphatic hydroxyl groups excluding tert-OH is 1. The lowest BCUT2D eigenvalue weighted by Crippen LogP contribution is -2.44. The van der Waals surface area contributed by atoms with Crippen molar-refractivity contribution in [3.05, 3.63) is 47.5 Å². The Morgan fingerprint density at radius 3 is 2.70 bits per heavy atom. The number of sulfonamides is 1. The molecular weight excluding hydrogens is 322 g/mol. The highest BCUT2D eigenvalue weighted by molar-refractivity contribution is 7.89. The molecule has 3 rings (SSSR count). The number of carbonyl (C=O) groups is 1. The zero-order chi connectivity index (χ0) is 16.8. The van der Waals surface area contributed by atoms with E-state index in [0.29, 0.717) is 5.76 Å². The van der Waals surface area contributed by atoms with E-state index in [1.165, 1.54) is 24.2 Å². The molecule has 0 aliphatic carbocycles. The number of hydrogen-bond donors (Lipinski definition) is 2. The lowest BCUT2D eigenvalue weighted by Gasteiger charge is -2.29. The minimum Gasteiger partial charge on any atom is -0.505 e. The van der Waals surface area contributed by atoms with Gasteiger partial charge in [-0.25, -0.2) is 8.42 Å². The number of nitrogens with zero attached hydrogens (tertiary/aromatic N) is 2. The van der Waals surface area contributed by atoms with Crippen molar-refractivity contribution in [2.75, 3.05) is 13.8 Å². The number of likely N-dealkylation sites (N-methyl/N-ethyl adjacent to an activating group) is 1. The van der Waals surface area contributed by atoms with Crippen molar-refractivity contribution in [3.63, 3.8) is 0 Å². The fourth-order valence-electron chi connectivity index (χ4n) is 2.40. The van der Waals surface area contributed by atoms with Gasteiger partial charge in [-0.15, -0.1) is 0 Å². The molecule has 0 bridgehead atoms. The van der Waals surface area contributed by atoms with Crippen LogP contribution in [0.1, 0.15) is 12.5 Å². The van der Waals surface area contributed by atoms with E-state index in [0.717, 1.165) is 4.31 Å². The summed E-state index contributed by atoms with van der Waals surface area (Å²) in [7, 11) is -2.68. The van der Waals surface area contributed by atoms with Gasteiger partial charge in [0.25, 0.3) is 15.9 Å². The summed E-state index contributed by atoms with van der Waals surface area (Å²) in [5.74, 6) is -0.535. The van der Waals surface area contributed by atoms with E-state index >= 15 is 0 Å². The molecule has 2 N–H and O–H groups in total. The number of nitrogens with one attached hydrogen (secondary N) is 1. The third kappa shape index (κ3) is 2.38. The third-order valence-corrected chi connectivity index (χ3v) is 5.36. The Hall–Kier alpha value is -2.68. The maximum absolute atomic E-state index is 12.5. The first-order chi connectivity index (χ1) is 10.8. The number of hydrogen-bond acceptors (Lipinski definition) is 6. The van der Waals surface area contributed by atoms with Crippen LogP contribution in [0.4, 0.5) is 0 Å². The highest BCUT2D eigenvalue weighted by Gasteiger charge is 2.38. The Morgan fingerprint density at radius 1 is 1.35 bits per heavy atom. The standard InChI is InChI=1S/C14H15N3O5S/c1-9-7-17(8-22-9)15-14(19)12-13(18)10-5-3-4-6-11(10)23(20,21)16(12)2/h3-7,18H,8H2,1-2H3,(H,15,19). The largest absolute Gasteiger partial charge is 0.505 e. The summed E-state index contributed by atoms with van der Waals surface area (Å²) in [5, 5.41) is 11.7. The first-order valence-corrected chi connectivity index (χ1v) is 8.17. The predicted octanol–water partition coefficient (Wildman–Crippen LogP) is 0.730. The molecule has 0 aromatic heterocycles. The van der Waals surface area contributed by atoms with Crippen molar-refractivity contribution in [1.29, 1.82) is 0 Å². The SMILES string of the molecule is CC1=CN(NC(=O)C2=C(O)c3ccccc3S(=O)(=O)N2C)CO1. The molecule has 2 aliphatic rings. The van der Waals surface area contributed by atoms with Crippen molar-refractivity contribution >= 4 is 21.7 Å². The zero-order valence-electron chi connectivity index (χ0n) is 12.5. The molecule has 2 heterocycles. The van der Waals surface area contributed by atoms with Gasteiger partial charge in [0, 0.05) is 12.6 Å². The number of allylic oxidation sites excluding steroid dienone is 1. The molecule has 2 aliphatic heterocycles. The maximum atomic E-state index is 12.5. The molecule has 1 aromatic carbocycles. The Labute approximate surface area is 133 Å². The van der Waals surface area contributed by atoms with Crippen LogP contribution >= 0.6 is 0 Å². The lowest BCUT2D eigenvalue weighted by atomic mass is 10.1. The van der Waals surface area contributed by atoms with Gasteiger partial charge in [-0.05, 0) is 19.1 Å². The van der Waals surface area contributed by atoms with E-state index in [1.807, 2.05) is 0 Å². The van der Waals surface area contributed by atoms with Crippen molar-refractivity contribution in [3.8, 4) is 0 Å². The number of amides is 1. The number of fused-ring (bicyclic) bond motifs is 1. The summed E-state index contributed by atoms with van der Waals surface area (Å²) < 4.78 is 30.9. The minimum absolute atomic E-state index is 0.0446. The van der Waals surface area contributed by atoms with Gasteiger partial charge in [-0.1, -0.05) is 12.1 Å². The Bertz CT molecular complexity index is 844. The quantitative estimate of drug-likeness (QED) is 0.825. The molecule has 0 spiro atoms. The normalized spacial score (nSPS) is 19.1. The lowest BCUT2D eigenvalue weighted by molar-refractivity contribution is -0.122. The molecule has 0 fully saturated rings. The number of aliphatic hydroxyl groups is 1. The smallest absolute Gasteiger partial charge is 0.291 e. The molecule has 1 aromatic rings. The Balaban J connectivity index is 2.02. The molecule has 122 valence electrons. The first kappa shape index (κ1) is 15.2. The van der Waals surface area contributed by atoms with Crippen LogP contribution in [0.3, 0.4) is 0 Å². The van der Waals surface area contributed by atoms with E-state index in [4.69, 9.17) is 4.74 Å². The summed E-state index contributed by atoms with van der Waals surface area (Å²) in [6.07, 6.45) is 1.56. The number of carbonyl (C=O) groups excluding carboxylic acids is 1. The topological polar surface area (TPSA) is 99.2 Å². The number of hydrazine groups is 1. The van der Waals surface area contributed by atoms with Crippen LogP contribution in [0.5, 0.6) is 0 Å². The van der Waals surface area contributed by atoms with Crippen molar-refractivity contribution in [2.24, 2.45) is 0 Å². The van der Waals surface area contributed by atoms with Crippen LogP contribution < -0.4 is 5.43 Å². The summed E-state index contributed by atoms with van der Waals surface area (Å²) in [6, 6.07) is 5.97. The van der Waals surface area contributed by atoms with Crippen LogP contribution in [0.2, 0.25) is 0 Å². The molecular formula is C14H15N3O5S. The summed E-state index contributed by atoms with van der Waals surface area (Å²) in [5.41, 5.74) is 2.23. The van der Waals surface area contributed by atoms with Gasteiger partial charge < -0.3 is 9.84 Å². The average Bonchev–Trinajstić information content (AvgIpc) is 2.91. The molecule has 0 saturated carbocycles. The Kier molecular flexibility index (Phi) is 3.44. The summed E-state index contributed by atoms with van der Waals surface area (Å²) in [6.45, 7) is 1.83. The van der Waals surface area contributed by atoms with Gasteiger partial charge in [-0.2, -0.15) is 0 Å². The Morgan fingerprint density at radius 2 is 2.04 bits per heavy atom. The molecule has 0 atom stereocenters. The zero-order valence-corrected chi connectivity index (χ0v) is 13.3. The fraction of sp³-hybridized carbons (Fsp3) is 0.214. The second-order valence-corrected chi connectivity index (χ2v) is 7.03. The van der Waals surface area contributed by atoms with Crippen LogP contribution in [-0.4, -0.2) is 42.5 Å². The second kappa shape index (κ2) is 5.20. The average molecular weight is 337 g/mol. The molecule has 8 nitrogen and oxygen atoms in total. The number of benzene rings is 1. The van der Waals surface area contributed by atoms with E-state index in [-0.39, 0.29) is 22.9 Å². The number of ether oxygens (including phenoxy) is 1. The van der Waals surface area contributed by atoms with Crippen molar-refractivity contribution in [2.45, 2.75) is 11.8 Å². The van der Waals surface area contributed by atoms with Crippen LogP contribution in [0.25, 0.3) is 5.76 Å². The monoisotopic (exact) mass is 337 g/mol. The van der Waals surface area contributed by atoms with E-state index in [9.17, 15) is 18.3 Å². The molecule has 9 heteroatoms. The summed E-state index contributed by atoms with van der Waals surface area (Å²) >= 11 is 0. The summed E-state index contributed by atoms with van der Waals surface area (Å²) in [4.78, 5) is 12.4. The van der Waals surface area contributed by atoms with E-state index in [2.05, 4.69) is 5.43 Å². The molecule has 23 heavy (non-hydrogen) atoms. The highest BCUT2D eigenvalue weighted by atomic mass is 32.2. The van der Waals surface area contributed by atoms with Gasteiger partial charge in [0.1, 0.15) is 5.76 Å². The molecule has 0 unspecified atom stereocenters. The molecule has 0 radical (unpaired) electrons. The highest BCUT2D eigenvalue weighted by Crippen LogP contribution is 2.34. The van der Waals surface area contributed by atoms with Gasteiger partial charge >= 0.3 is 0 Å². The van der Waals surface area contributed by atoms with Crippen LogP contribution in [0.15, 0.2) is 46.8 Å². The van der Waals surface area contributed by atoms with Crippen LogP contribution in [0, 0.1) is 0 Å². The van der Waals surface area contributed by atoms with E-state index in [1.54, 1.807) is 25.3 Å². The third-order valence-electron chi connectivity index (χ3n) is 3.55. The fourth-order valence-corrected chi connectivity index (χ4v) is 3.79. The van der Waals surface area contributed by atoms with Crippen molar-refractivity contribution in [1.82, 2.24) is 14.7 Å². The number of rotatable bonds is 2. The van der Waals surface area contributed by atoms with E-state index < -0.39 is 21.7 Å². The minimum atomic E-state index is -3.90. The molecule has 0 saturated heterocycles. The molecule has 1 amide bonds. The predicted molar refractivity (Wildman–Crippen MR) is 80.6 cm³/mol. The van der Waals surface area contributed by atoms with Gasteiger partial charge in [0.15, 0.2) is 18.2 Å². The van der Waals surface area contributed by atoms with Gasteiger partial charge in [0.2, 0.25) is 0 Å². The van der Waals surface area contributed by atoms with Gasteiger partial charge in [-0.3, -0.25) is 19.5 Å². The van der Waals surface area contributed by atoms with Crippen LogP contribution in [-0.2, 0) is 19.6 Å². The van der Waals surface area contributed by atoms with Crippen molar-refractivity contribution < 1.29 is 23.1 Å². The van der Waals surface area contributed by atoms with Gasteiger partial charge in [0.05, 0.1) is 11.1 Å². The maximum Gasteiger partial charge on any atom is 0.291 e.